The molecule has 0 aliphatic rings. The first-order chi connectivity index (χ1) is 20.0. The number of nitrogens with one attached hydrogen (secondary N) is 1. The Kier molecular flexibility index (Phi) is 11.1. The molecule has 0 amide bonds. The van der Waals surface area contributed by atoms with Crippen LogP contribution in [0.4, 0.5) is 5.69 Å². The van der Waals surface area contributed by atoms with E-state index in [9.17, 15) is 20.3 Å². The molecule has 0 heterocycles. The summed E-state index contributed by atoms with van der Waals surface area (Å²) in [6.07, 6.45) is -0.657. The van der Waals surface area contributed by atoms with E-state index in [1.165, 1.54) is 12.1 Å². The van der Waals surface area contributed by atoms with Crippen molar-refractivity contribution in [3.8, 4) is 17.2 Å². The van der Waals surface area contributed by atoms with Crippen molar-refractivity contribution in [2.24, 2.45) is 0 Å². The van der Waals surface area contributed by atoms with Gasteiger partial charge in [0.1, 0.15) is 43.7 Å². The number of hydrogen-bond donors (Lipinski definition) is 3. The van der Waals surface area contributed by atoms with Gasteiger partial charge in [-0.1, -0.05) is 72.8 Å². The van der Waals surface area contributed by atoms with Crippen LogP contribution in [-0.4, -0.2) is 40.6 Å². The van der Waals surface area contributed by atoms with Gasteiger partial charge in [0.2, 0.25) is 0 Å². The normalized spacial score (nSPS) is 12.3. The van der Waals surface area contributed by atoms with E-state index in [2.05, 4.69) is 5.32 Å². The number of hydrogen-bond acceptors (Lipinski definition) is 8. The Morgan fingerprint density at radius 3 is 1.98 bits per heavy atom. The molecule has 4 aromatic rings. The van der Waals surface area contributed by atoms with Crippen LogP contribution in [0.25, 0.3) is 0 Å². The van der Waals surface area contributed by atoms with Crippen LogP contribution in [0.5, 0.6) is 17.2 Å². The predicted molar refractivity (Wildman–Crippen MR) is 155 cm³/mol. The molecule has 4 aromatic carbocycles. The molecule has 0 aliphatic heterocycles. The SMILES string of the molecule is O=[N+]([O-])c1cc(OCC(O)CN[C@@H](O)CCc2ccc(OCc3ccccc3)cc2)ccc1OCc1ccccc1. The van der Waals surface area contributed by atoms with Crippen LogP contribution >= 0.6 is 0 Å². The zero-order chi connectivity index (χ0) is 28.9. The van der Waals surface area contributed by atoms with E-state index in [-0.39, 0.29) is 36.9 Å². The number of aliphatic hydroxyl groups is 2. The maximum atomic E-state index is 11.5. The molecule has 214 valence electrons. The molecule has 0 fully saturated rings. The Balaban J connectivity index is 1.15. The predicted octanol–water partition coefficient (Wildman–Crippen LogP) is 5.03. The summed E-state index contributed by atoms with van der Waals surface area (Å²) in [7, 11) is 0. The van der Waals surface area contributed by atoms with Gasteiger partial charge < -0.3 is 24.4 Å². The summed E-state index contributed by atoms with van der Waals surface area (Å²) in [5.74, 6) is 1.14. The van der Waals surface area contributed by atoms with Gasteiger partial charge in [0.05, 0.1) is 11.0 Å². The molecule has 0 saturated heterocycles. The number of nitro groups is 1. The standard InChI is InChI=1S/C32H34N2O7/c35-27(23-40-29-16-17-31(30(19-29)34(37)38)41-22-26-9-5-2-6-10-26)20-33-32(36)18-13-24-11-14-28(15-12-24)39-21-25-7-3-1-4-8-25/h1-12,14-17,19,27,32-33,35-36H,13,18,20-23H2/t27?,32-/m0/s1. The molecule has 3 N–H and O–H groups in total. The molecule has 4 rings (SSSR count). The summed E-state index contributed by atoms with van der Waals surface area (Å²) in [5, 5.41) is 35.0. The number of aliphatic hydroxyl groups excluding tert-OH is 2. The summed E-state index contributed by atoms with van der Waals surface area (Å²) in [6.45, 7) is 0.683. The maximum absolute atomic E-state index is 11.5. The Bertz CT molecular complexity index is 1350. The zero-order valence-corrected chi connectivity index (χ0v) is 22.6. The molecule has 9 nitrogen and oxygen atoms in total. The minimum Gasteiger partial charge on any atom is -0.491 e. The van der Waals surface area contributed by atoms with Gasteiger partial charge in [-0.05, 0) is 53.8 Å². The third-order valence-corrected chi connectivity index (χ3v) is 6.27. The fourth-order valence-corrected chi connectivity index (χ4v) is 4.01. The number of ether oxygens (including phenoxy) is 3. The van der Waals surface area contributed by atoms with Crippen molar-refractivity contribution in [1.82, 2.24) is 5.32 Å². The molecule has 0 spiro atoms. The Morgan fingerprint density at radius 2 is 1.34 bits per heavy atom. The van der Waals surface area contributed by atoms with Gasteiger partial charge in [-0.25, -0.2) is 0 Å². The average molecular weight is 559 g/mol. The van der Waals surface area contributed by atoms with Crippen molar-refractivity contribution >= 4 is 5.69 Å². The van der Waals surface area contributed by atoms with Crippen molar-refractivity contribution in [2.45, 2.75) is 38.4 Å². The lowest BCUT2D eigenvalue weighted by molar-refractivity contribution is -0.386. The highest BCUT2D eigenvalue weighted by atomic mass is 16.6. The molecule has 0 aliphatic carbocycles. The summed E-state index contributed by atoms with van der Waals surface area (Å²) in [4.78, 5) is 11.0. The highest BCUT2D eigenvalue weighted by Gasteiger charge is 2.18. The Hall–Kier alpha value is -4.44. The topological polar surface area (TPSA) is 123 Å². The lowest BCUT2D eigenvalue weighted by Crippen LogP contribution is -2.38. The van der Waals surface area contributed by atoms with Gasteiger partial charge in [0.15, 0.2) is 5.75 Å². The van der Waals surface area contributed by atoms with Gasteiger partial charge in [0, 0.05) is 6.54 Å². The van der Waals surface area contributed by atoms with E-state index in [0.717, 1.165) is 22.4 Å². The van der Waals surface area contributed by atoms with E-state index < -0.39 is 17.3 Å². The van der Waals surface area contributed by atoms with Crippen molar-refractivity contribution in [3.05, 3.63) is 130 Å². The van der Waals surface area contributed by atoms with Crippen LogP contribution in [0.1, 0.15) is 23.1 Å². The van der Waals surface area contributed by atoms with E-state index >= 15 is 0 Å². The van der Waals surface area contributed by atoms with Crippen molar-refractivity contribution in [1.29, 1.82) is 0 Å². The maximum Gasteiger partial charge on any atom is 0.314 e. The number of nitrogens with zero attached hydrogens (tertiary/aromatic N) is 1. The lowest BCUT2D eigenvalue weighted by atomic mass is 10.1. The second-order valence-electron chi connectivity index (χ2n) is 9.51. The minimum absolute atomic E-state index is 0.0911. The van der Waals surface area contributed by atoms with E-state index in [4.69, 9.17) is 14.2 Å². The average Bonchev–Trinajstić information content (AvgIpc) is 3.01. The third-order valence-electron chi connectivity index (χ3n) is 6.27. The molecule has 0 bridgehead atoms. The van der Waals surface area contributed by atoms with E-state index in [1.54, 1.807) is 6.07 Å². The molecule has 2 atom stereocenters. The van der Waals surface area contributed by atoms with Crippen molar-refractivity contribution in [2.75, 3.05) is 13.2 Å². The zero-order valence-electron chi connectivity index (χ0n) is 22.6. The molecule has 41 heavy (non-hydrogen) atoms. The highest BCUT2D eigenvalue weighted by molar-refractivity contribution is 5.51. The fraction of sp³-hybridized carbons (Fsp3) is 0.250. The molecule has 0 radical (unpaired) electrons. The second kappa shape index (κ2) is 15.4. The lowest BCUT2D eigenvalue weighted by Gasteiger charge is -2.17. The van der Waals surface area contributed by atoms with Gasteiger partial charge in [-0.2, -0.15) is 0 Å². The molecule has 1 unspecified atom stereocenters. The van der Waals surface area contributed by atoms with Gasteiger partial charge in [0.25, 0.3) is 0 Å². The van der Waals surface area contributed by atoms with Crippen LogP contribution < -0.4 is 19.5 Å². The van der Waals surface area contributed by atoms with E-state index in [1.807, 2.05) is 84.9 Å². The van der Waals surface area contributed by atoms with E-state index in [0.29, 0.717) is 19.4 Å². The summed E-state index contributed by atoms with van der Waals surface area (Å²) < 4.78 is 17.0. The van der Waals surface area contributed by atoms with Crippen LogP contribution in [-0.2, 0) is 19.6 Å². The number of aryl methyl sites for hydroxylation is 1. The number of nitro benzene ring substituents is 1. The van der Waals surface area contributed by atoms with Crippen LogP contribution in [0.2, 0.25) is 0 Å². The summed E-state index contributed by atoms with van der Waals surface area (Å²) >= 11 is 0. The molecular formula is C32H34N2O7. The van der Waals surface area contributed by atoms with Crippen LogP contribution in [0, 0.1) is 10.1 Å². The second-order valence-corrected chi connectivity index (χ2v) is 9.51. The first-order valence-corrected chi connectivity index (χ1v) is 13.4. The van der Waals surface area contributed by atoms with Crippen molar-refractivity contribution in [3.63, 3.8) is 0 Å². The summed E-state index contributed by atoms with van der Waals surface area (Å²) in [6, 6.07) is 31.4. The van der Waals surface area contributed by atoms with Gasteiger partial charge in [-0.3, -0.25) is 15.4 Å². The largest absolute Gasteiger partial charge is 0.491 e. The Labute approximate surface area is 239 Å². The Morgan fingerprint density at radius 1 is 0.732 bits per heavy atom. The molecule has 0 saturated carbocycles. The first-order valence-electron chi connectivity index (χ1n) is 13.4. The molecule has 0 aromatic heterocycles. The smallest absolute Gasteiger partial charge is 0.314 e. The molecular weight excluding hydrogens is 524 g/mol. The van der Waals surface area contributed by atoms with Gasteiger partial charge in [-0.15, -0.1) is 0 Å². The van der Waals surface area contributed by atoms with Crippen molar-refractivity contribution < 1.29 is 29.3 Å². The molecule has 9 heteroatoms. The third kappa shape index (κ3) is 9.91. The summed E-state index contributed by atoms with van der Waals surface area (Å²) in [5.41, 5.74) is 2.82. The minimum atomic E-state index is -0.932. The van der Waals surface area contributed by atoms with Crippen LogP contribution in [0.15, 0.2) is 103 Å². The van der Waals surface area contributed by atoms with Gasteiger partial charge >= 0.3 is 5.69 Å². The first kappa shape index (κ1) is 29.5. The quantitative estimate of drug-likeness (QED) is 0.0994. The fourth-order valence-electron chi connectivity index (χ4n) is 4.01. The van der Waals surface area contributed by atoms with Crippen LogP contribution in [0.3, 0.4) is 0 Å². The number of benzene rings is 4. The monoisotopic (exact) mass is 558 g/mol. The number of rotatable bonds is 16. The highest BCUT2D eigenvalue weighted by Crippen LogP contribution is 2.32.